The minimum atomic E-state index is -0.0484. The number of rotatable bonds is 5. The molecule has 3 nitrogen and oxygen atoms in total. The summed E-state index contributed by atoms with van der Waals surface area (Å²) in [5.41, 5.74) is 1.78. The number of halogens is 1. The molecule has 0 aliphatic carbocycles. The van der Waals surface area contributed by atoms with Gasteiger partial charge in [-0.15, -0.1) is 0 Å². The van der Waals surface area contributed by atoms with E-state index in [2.05, 4.69) is 15.9 Å². The first kappa shape index (κ1) is 14.6. The van der Waals surface area contributed by atoms with Crippen LogP contribution in [0.4, 0.5) is 0 Å². The fraction of sp³-hybridized carbons (Fsp3) is 0.188. The maximum absolute atomic E-state index is 12.0. The Kier molecular flexibility index (Phi) is 4.79. The lowest BCUT2D eigenvalue weighted by atomic mass is 10.1. The number of Topliss-reactive ketones (excluding diaryl/α,β-unsaturated/α-hetero) is 1. The molecule has 0 spiro atoms. The molecule has 0 saturated carbocycles. The molecular formula is C16H15BrO3. The van der Waals surface area contributed by atoms with Gasteiger partial charge in [0.1, 0.15) is 11.5 Å². The third-order valence-electron chi connectivity index (χ3n) is 2.87. The zero-order valence-corrected chi connectivity index (χ0v) is 12.9. The molecule has 0 bridgehead atoms. The number of benzene rings is 2. The van der Waals surface area contributed by atoms with Gasteiger partial charge in [-0.3, -0.25) is 4.79 Å². The van der Waals surface area contributed by atoms with Gasteiger partial charge in [0.2, 0.25) is 0 Å². The summed E-state index contributed by atoms with van der Waals surface area (Å²) in [6, 6.07) is 12.8. The Bertz CT molecular complexity index is 606. The van der Waals surface area contributed by atoms with Crippen LogP contribution >= 0.6 is 15.9 Å². The van der Waals surface area contributed by atoms with E-state index in [1.807, 2.05) is 31.2 Å². The number of methoxy groups -OCH3 is 1. The number of ketones is 1. The van der Waals surface area contributed by atoms with Gasteiger partial charge in [-0.2, -0.15) is 0 Å². The summed E-state index contributed by atoms with van der Waals surface area (Å²) in [5, 5.41) is 0. The van der Waals surface area contributed by atoms with Crippen molar-refractivity contribution < 1.29 is 14.3 Å². The van der Waals surface area contributed by atoms with Gasteiger partial charge in [-0.05, 0) is 41.1 Å². The van der Waals surface area contributed by atoms with E-state index in [1.54, 1.807) is 25.3 Å². The lowest BCUT2D eigenvalue weighted by molar-refractivity contribution is 0.0921. The second-order valence-corrected chi connectivity index (χ2v) is 5.23. The average molecular weight is 335 g/mol. The molecule has 0 fully saturated rings. The Morgan fingerprint density at radius 1 is 1.15 bits per heavy atom. The van der Waals surface area contributed by atoms with Crippen LogP contribution in [-0.2, 0) is 0 Å². The Hall–Kier alpha value is -1.81. The van der Waals surface area contributed by atoms with Crippen LogP contribution in [-0.4, -0.2) is 19.5 Å². The van der Waals surface area contributed by atoms with Gasteiger partial charge < -0.3 is 9.47 Å². The summed E-state index contributed by atoms with van der Waals surface area (Å²) < 4.78 is 11.4. The summed E-state index contributed by atoms with van der Waals surface area (Å²) in [7, 11) is 1.60. The van der Waals surface area contributed by atoms with E-state index in [4.69, 9.17) is 9.47 Å². The van der Waals surface area contributed by atoms with Crippen molar-refractivity contribution in [2.45, 2.75) is 6.92 Å². The standard InChI is InChI=1S/C16H15BrO3/c1-11-3-5-12(6-4-11)15(18)10-20-16-8-7-13(19-2)9-14(16)17/h3-9H,10H2,1-2H3. The van der Waals surface area contributed by atoms with E-state index in [1.165, 1.54) is 0 Å². The number of hydrogen-bond donors (Lipinski definition) is 0. The molecule has 2 aromatic rings. The van der Waals surface area contributed by atoms with Crippen LogP contribution in [0.1, 0.15) is 15.9 Å². The van der Waals surface area contributed by atoms with Crippen molar-refractivity contribution in [3.05, 3.63) is 58.1 Å². The molecule has 0 aliphatic rings. The molecule has 0 aromatic heterocycles. The molecule has 0 aliphatic heterocycles. The van der Waals surface area contributed by atoms with Crippen molar-refractivity contribution in [2.75, 3.05) is 13.7 Å². The van der Waals surface area contributed by atoms with Gasteiger partial charge in [0.05, 0.1) is 11.6 Å². The van der Waals surface area contributed by atoms with E-state index >= 15 is 0 Å². The Morgan fingerprint density at radius 2 is 1.85 bits per heavy atom. The lowest BCUT2D eigenvalue weighted by Gasteiger charge is -2.09. The summed E-state index contributed by atoms with van der Waals surface area (Å²) >= 11 is 3.39. The lowest BCUT2D eigenvalue weighted by Crippen LogP contribution is -2.11. The Balaban J connectivity index is 2.01. The topological polar surface area (TPSA) is 35.5 Å². The van der Waals surface area contributed by atoms with Crippen molar-refractivity contribution in [2.24, 2.45) is 0 Å². The first-order chi connectivity index (χ1) is 9.60. The van der Waals surface area contributed by atoms with Crippen molar-refractivity contribution in [3.63, 3.8) is 0 Å². The molecule has 0 N–H and O–H groups in total. The van der Waals surface area contributed by atoms with Crippen LogP contribution in [0, 0.1) is 6.92 Å². The molecule has 0 radical (unpaired) electrons. The quantitative estimate of drug-likeness (QED) is 0.774. The molecule has 0 heterocycles. The van der Waals surface area contributed by atoms with Crippen LogP contribution < -0.4 is 9.47 Å². The smallest absolute Gasteiger partial charge is 0.200 e. The summed E-state index contributed by atoms with van der Waals surface area (Å²) in [5.74, 6) is 1.30. The number of ether oxygens (including phenoxy) is 2. The first-order valence-electron chi connectivity index (χ1n) is 6.16. The molecule has 104 valence electrons. The predicted molar refractivity (Wildman–Crippen MR) is 81.7 cm³/mol. The summed E-state index contributed by atoms with van der Waals surface area (Å²) in [6.07, 6.45) is 0. The third-order valence-corrected chi connectivity index (χ3v) is 3.49. The largest absolute Gasteiger partial charge is 0.497 e. The highest BCUT2D eigenvalue weighted by molar-refractivity contribution is 9.10. The van der Waals surface area contributed by atoms with Crippen LogP contribution in [0.3, 0.4) is 0 Å². The molecule has 20 heavy (non-hydrogen) atoms. The normalized spacial score (nSPS) is 10.2. The maximum Gasteiger partial charge on any atom is 0.200 e. The summed E-state index contributed by atoms with van der Waals surface area (Å²) in [6.45, 7) is 1.99. The SMILES string of the molecule is COc1ccc(OCC(=O)c2ccc(C)cc2)c(Br)c1. The van der Waals surface area contributed by atoms with Crippen molar-refractivity contribution >= 4 is 21.7 Å². The van der Waals surface area contributed by atoms with Gasteiger partial charge in [0, 0.05) is 5.56 Å². The monoisotopic (exact) mass is 334 g/mol. The maximum atomic E-state index is 12.0. The van der Waals surface area contributed by atoms with Gasteiger partial charge in [0.15, 0.2) is 12.4 Å². The Morgan fingerprint density at radius 3 is 2.45 bits per heavy atom. The van der Waals surface area contributed by atoms with E-state index < -0.39 is 0 Å². The van der Waals surface area contributed by atoms with Crippen LogP contribution in [0.5, 0.6) is 11.5 Å². The Labute approximate surface area is 126 Å². The number of carbonyl (C=O) groups excluding carboxylic acids is 1. The first-order valence-corrected chi connectivity index (χ1v) is 6.95. The summed E-state index contributed by atoms with van der Waals surface area (Å²) in [4.78, 5) is 12.0. The molecular weight excluding hydrogens is 320 g/mol. The fourth-order valence-corrected chi connectivity index (χ4v) is 2.16. The van der Waals surface area contributed by atoms with Gasteiger partial charge in [-0.25, -0.2) is 0 Å². The fourth-order valence-electron chi connectivity index (χ4n) is 1.69. The number of aryl methyl sites for hydroxylation is 1. The van der Waals surface area contributed by atoms with Crippen LogP contribution in [0.15, 0.2) is 46.9 Å². The van der Waals surface area contributed by atoms with E-state index in [0.717, 1.165) is 15.8 Å². The average Bonchev–Trinajstić information content (AvgIpc) is 2.46. The number of carbonyl (C=O) groups is 1. The third kappa shape index (κ3) is 3.61. The minimum Gasteiger partial charge on any atom is -0.497 e. The molecule has 4 heteroatoms. The van der Waals surface area contributed by atoms with Crippen LogP contribution in [0.2, 0.25) is 0 Å². The van der Waals surface area contributed by atoms with Gasteiger partial charge in [0.25, 0.3) is 0 Å². The minimum absolute atomic E-state index is 0.00793. The van der Waals surface area contributed by atoms with Gasteiger partial charge >= 0.3 is 0 Å². The number of hydrogen-bond acceptors (Lipinski definition) is 3. The van der Waals surface area contributed by atoms with Gasteiger partial charge in [-0.1, -0.05) is 29.8 Å². The zero-order valence-electron chi connectivity index (χ0n) is 11.4. The molecule has 2 aromatic carbocycles. The van der Waals surface area contributed by atoms with Crippen molar-refractivity contribution in [3.8, 4) is 11.5 Å². The van der Waals surface area contributed by atoms with Crippen molar-refractivity contribution in [1.82, 2.24) is 0 Å². The zero-order chi connectivity index (χ0) is 14.5. The van der Waals surface area contributed by atoms with E-state index in [9.17, 15) is 4.79 Å². The predicted octanol–water partition coefficient (Wildman–Crippen LogP) is 4.03. The van der Waals surface area contributed by atoms with Crippen LogP contribution in [0.25, 0.3) is 0 Å². The highest BCUT2D eigenvalue weighted by atomic mass is 79.9. The second kappa shape index (κ2) is 6.57. The highest BCUT2D eigenvalue weighted by Crippen LogP contribution is 2.29. The molecule has 0 amide bonds. The molecule has 2 rings (SSSR count). The van der Waals surface area contributed by atoms with E-state index in [0.29, 0.717) is 11.3 Å². The molecule has 0 unspecified atom stereocenters. The molecule has 0 atom stereocenters. The molecule has 0 saturated heterocycles. The second-order valence-electron chi connectivity index (χ2n) is 4.37. The van der Waals surface area contributed by atoms with E-state index in [-0.39, 0.29) is 12.4 Å². The highest BCUT2D eigenvalue weighted by Gasteiger charge is 2.09. The van der Waals surface area contributed by atoms with Crippen molar-refractivity contribution in [1.29, 1.82) is 0 Å².